The van der Waals surface area contributed by atoms with Crippen LogP contribution in [0, 0.1) is 0 Å². The van der Waals surface area contributed by atoms with Crippen molar-refractivity contribution in [2.24, 2.45) is 0 Å². The number of unbranched alkanes of at least 4 members (excludes halogenated alkanes) is 1. The molecule has 17 heteroatoms. The van der Waals surface area contributed by atoms with Crippen LogP contribution in [0.3, 0.4) is 0 Å². The third-order valence-electron chi connectivity index (χ3n) is 6.78. The molecule has 1 aliphatic rings. The topological polar surface area (TPSA) is 221 Å². The molecule has 0 spiro atoms. The van der Waals surface area contributed by atoms with Crippen molar-refractivity contribution >= 4 is 36.0 Å². The van der Waals surface area contributed by atoms with Gasteiger partial charge >= 0.3 is 17.9 Å². The number of aldehydes is 1. The molecule has 1 aliphatic heterocycles. The van der Waals surface area contributed by atoms with Gasteiger partial charge in [0.05, 0.1) is 39.4 Å². The number of carboxylic acid groups (broad SMARTS) is 3. The summed E-state index contributed by atoms with van der Waals surface area (Å²) in [7, 11) is 1.98. The van der Waals surface area contributed by atoms with E-state index in [1.165, 1.54) is 12.8 Å². The zero-order valence-electron chi connectivity index (χ0n) is 27.4. The fourth-order valence-corrected chi connectivity index (χ4v) is 4.30. The van der Waals surface area contributed by atoms with Crippen molar-refractivity contribution in [2.45, 2.75) is 32.6 Å². The Kier molecular flexibility index (Phi) is 26.1. The van der Waals surface area contributed by atoms with Crippen molar-refractivity contribution < 1.29 is 48.8 Å². The van der Waals surface area contributed by atoms with Crippen LogP contribution in [0.2, 0.25) is 0 Å². The molecule has 0 atom stereocenters. The molecule has 1 fully saturated rings. The minimum absolute atomic E-state index is 0.0136. The number of carboxylic acids is 3. The standard InChI is InChI=1S/C24H42N6O10.C5H13N/c31-13-1-2-20(32)25-3-14-40-15-4-26-21(33)16-27-5-7-28(17-22(34)35)9-11-30(19-24(38)39)12-10-29(8-6-27)18-23(36)37;1-3-4-5-6-2/h13H,1-12,14-19H2,(H,25,32)(H,26,33)(H,34,35)(H,36,37)(H,38,39);6H,3-5H2,1-2H3. The number of amides is 2. The molecule has 1 saturated heterocycles. The lowest BCUT2D eigenvalue weighted by Gasteiger charge is -2.32. The maximum atomic E-state index is 12.6. The minimum atomic E-state index is -1.03. The number of hydrogen-bond acceptors (Lipinski definition) is 12. The SMILES string of the molecule is CCCCNC.O=CCCC(=O)NCCOCCNC(=O)CN1CCN(CC(=O)O)CCN(CC(=O)O)CCN(CC(=O)O)CC1. The third-order valence-corrected chi connectivity index (χ3v) is 6.78. The molecule has 0 bridgehead atoms. The predicted molar refractivity (Wildman–Crippen MR) is 170 cm³/mol. The van der Waals surface area contributed by atoms with E-state index in [-0.39, 0.29) is 77.1 Å². The lowest BCUT2D eigenvalue weighted by Crippen LogP contribution is -2.50. The summed E-state index contributed by atoms with van der Waals surface area (Å²) in [5.74, 6) is -3.58. The zero-order chi connectivity index (χ0) is 34.6. The number of carbonyl (C=O) groups excluding carboxylic acids is 3. The van der Waals surface area contributed by atoms with Gasteiger partial charge in [-0.2, -0.15) is 0 Å². The van der Waals surface area contributed by atoms with Crippen molar-refractivity contribution in [3.63, 3.8) is 0 Å². The van der Waals surface area contributed by atoms with Crippen LogP contribution >= 0.6 is 0 Å². The van der Waals surface area contributed by atoms with Crippen LogP contribution < -0.4 is 16.0 Å². The van der Waals surface area contributed by atoms with Crippen LogP contribution in [0.15, 0.2) is 0 Å². The Labute approximate surface area is 271 Å². The first kappa shape index (κ1) is 42.8. The molecule has 0 aromatic rings. The molecule has 0 radical (unpaired) electrons. The highest BCUT2D eigenvalue weighted by molar-refractivity contribution is 5.78. The number of nitrogens with one attached hydrogen (secondary N) is 3. The summed E-state index contributed by atoms with van der Waals surface area (Å²) in [6.07, 6.45) is 3.56. The summed E-state index contributed by atoms with van der Waals surface area (Å²) >= 11 is 0. The smallest absolute Gasteiger partial charge is 0.317 e. The Morgan fingerprint density at radius 1 is 0.652 bits per heavy atom. The number of nitrogens with zero attached hydrogens (tertiary/aromatic N) is 4. The number of ether oxygens (including phenoxy) is 1. The second kappa shape index (κ2) is 28.0. The second-order valence-corrected chi connectivity index (χ2v) is 10.8. The minimum Gasteiger partial charge on any atom is -0.480 e. The van der Waals surface area contributed by atoms with E-state index in [2.05, 4.69) is 22.9 Å². The molecular formula is C29H55N7O10. The third kappa shape index (κ3) is 26.0. The van der Waals surface area contributed by atoms with E-state index in [0.717, 1.165) is 6.54 Å². The fourth-order valence-electron chi connectivity index (χ4n) is 4.30. The van der Waals surface area contributed by atoms with Crippen molar-refractivity contribution in [1.82, 2.24) is 35.6 Å². The number of hydrogen-bond donors (Lipinski definition) is 6. The first-order chi connectivity index (χ1) is 22.0. The van der Waals surface area contributed by atoms with Gasteiger partial charge in [0.1, 0.15) is 6.29 Å². The maximum absolute atomic E-state index is 12.6. The van der Waals surface area contributed by atoms with E-state index in [1.54, 1.807) is 14.7 Å². The first-order valence-corrected chi connectivity index (χ1v) is 15.7. The Morgan fingerprint density at radius 2 is 1.04 bits per heavy atom. The molecule has 0 aromatic carbocycles. The van der Waals surface area contributed by atoms with Crippen molar-refractivity contribution in [3.05, 3.63) is 0 Å². The highest BCUT2D eigenvalue weighted by Gasteiger charge is 2.21. The Bertz CT molecular complexity index is 860. The molecule has 266 valence electrons. The number of carbonyl (C=O) groups is 6. The van der Waals surface area contributed by atoms with Crippen molar-refractivity contribution in [2.75, 3.05) is 118 Å². The average Bonchev–Trinajstić information content (AvgIpc) is 2.99. The molecule has 0 aromatic heterocycles. The summed E-state index contributed by atoms with van der Waals surface area (Å²) in [5.41, 5.74) is 0. The molecule has 17 nitrogen and oxygen atoms in total. The van der Waals surface area contributed by atoms with E-state index in [1.807, 2.05) is 11.9 Å². The molecule has 0 saturated carbocycles. The molecule has 0 aliphatic carbocycles. The van der Waals surface area contributed by atoms with Crippen LogP contribution in [0.4, 0.5) is 0 Å². The zero-order valence-corrected chi connectivity index (χ0v) is 27.4. The van der Waals surface area contributed by atoms with Crippen molar-refractivity contribution in [1.29, 1.82) is 0 Å². The van der Waals surface area contributed by atoms with Gasteiger partial charge in [0.15, 0.2) is 0 Å². The van der Waals surface area contributed by atoms with E-state index in [4.69, 9.17) is 4.74 Å². The molecule has 6 N–H and O–H groups in total. The monoisotopic (exact) mass is 661 g/mol. The van der Waals surface area contributed by atoms with Crippen LogP contribution in [-0.2, 0) is 33.5 Å². The van der Waals surface area contributed by atoms with Gasteiger partial charge in [0, 0.05) is 78.3 Å². The molecule has 2 amide bonds. The fraction of sp³-hybridized carbons (Fsp3) is 0.793. The van der Waals surface area contributed by atoms with Crippen LogP contribution in [0.1, 0.15) is 32.6 Å². The molecule has 1 heterocycles. The summed E-state index contributed by atoms with van der Waals surface area (Å²) < 4.78 is 5.38. The van der Waals surface area contributed by atoms with Crippen LogP contribution in [-0.4, -0.2) is 189 Å². The van der Waals surface area contributed by atoms with Gasteiger partial charge in [-0.05, 0) is 20.0 Å². The maximum Gasteiger partial charge on any atom is 0.317 e. The number of aliphatic carboxylic acids is 3. The van der Waals surface area contributed by atoms with E-state index >= 15 is 0 Å². The number of rotatable bonds is 20. The van der Waals surface area contributed by atoms with E-state index in [0.29, 0.717) is 58.6 Å². The van der Waals surface area contributed by atoms with Gasteiger partial charge in [0.2, 0.25) is 11.8 Å². The molecule has 46 heavy (non-hydrogen) atoms. The largest absolute Gasteiger partial charge is 0.480 e. The Balaban J connectivity index is 0.00000306. The Hall–Kier alpha value is -3.22. The van der Waals surface area contributed by atoms with Gasteiger partial charge in [0.25, 0.3) is 0 Å². The van der Waals surface area contributed by atoms with Crippen LogP contribution in [0.25, 0.3) is 0 Å². The average molecular weight is 662 g/mol. The summed E-state index contributed by atoms with van der Waals surface area (Å²) in [6.45, 7) is 6.18. The molecule has 1 rings (SSSR count). The molecule has 0 unspecified atom stereocenters. The quantitative estimate of drug-likeness (QED) is 0.0596. The predicted octanol–water partition coefficient (Wildman–Crippen LogP) is -2.30. The van der Waals surface area contributed by atoms with E-state index in [9.17, 15) is 44.1 Å². The van der Waals surface area contributed by atoms with Gasteiger partial charge in [-0.3, -0.25) is 43.6 Å². The van der Waals surface area contributed by atoms with Gasteiger partial charge in [-0.25, -0.2) is 0 Å². The second-order valence-electron chi connectivity index (χ2n) is 10.8. The molecular weight excluding hydrogens is 606 g/mol. The normalized spacial score (nSPS) is 15.8. The lowest BCUT2D eigenvalue weighted by atomic mass is 10.3. The summed E-state index contributed by atoms with van der Waals surface area (Å²) in [4.78, 5) is 75.1. The summed E-state index contributed by atoms with van der Waals surface area (Å²) in [5, 5.41) is 36.2. The highest BCUT2D eigenvalue weighted by atomic mass is 16.5. The van der Waals surface area contributed by atoms with Gasteiger partial charge in [-0.15, -0.1) is 0 Å². The Morgan fingerprint density at radius 3 is 1.37 bits per heavy atom. The summed E-state index contributed by atoms with van der Waals surface area (Å²) in [6, 6.07) is 0. The first-order valence-electron chi connectivity index (χ1n) is 15.7. The van der Waals surface area contributed by atoms with Crippen LogP contribution in [0.5, 0.6) is 0 Å². The van der Waals surface area contributed by atoms with Gasteiger partial charge in [-0.1, -0.05) is 13.3 Å². The van der Waals surface area contributed by atoms with Crippen molar-refractivity contribution in [3.8, 4) is 0 Å². The van der Waals surface area contributed by atoms with Gasteiger partial charge < -0.3 is 40.8 Å². The highest BCUT2D eigenvalue weighted by Crippen LogP contribution is 2.01. The van der Waals surface area contributed by atoms with E-state index < -0.39 is 17.9 Å². The lowest BCUT2D eigenvalue weighted by molar-refractivity contribution is -0.140.